The molecular weight excluding hydrogens is 296 g/mol. The van der Waals surface area contributed by atoms with Crippen LogP contribution in [-0.2, 0) is 15.4 Å². The highest BCUT2D eigenvalue weighted by atomic mass is 35.5. The molecule has 5 nitrogen and oxygen atoms in total. The van der Waals surface area contributed by atoms with Gasteiger partial charge in [0, 0.05) is 26.0 Å². The minimum Gasteiger partial charge on any atom is -0.493 e. The molecule has 0 aliphatic carbocycles. The molecule has 1 aromatic rings. The van der Waals surface area contributed by atoms with Gasteiger partial charge in [-0.25, -0.2) is 0 Å². The Kier molecular flexibility index (Phi) is 8.98. The SMILES string of the molecule is COCCOCCCOc1c(OC)cc(CCl)cc1OC. The number of hydrogen-bond acceptors (Lipinski definition) is 5. The first-order chi connectivity index (χ1) is 10.3. The Morgan fingerprint density at radius 2 is 1.57 bits per heavy atom. The predicted octanol–water partition coefficient (Wildman–Crippen LogP) is 2.87. The summed E-state index contributed by atoms with van der Waals surface area (Å²) in [4.78, 5) is 0. The molecule has 0 N–H and O–H groups in total. The summed E-state index contributed by atoms with van der Waals surface area (Å²) in [7, 11) is 4.83. The van der Waals surface area contributed by atoms with Gasteiger partial charge in [0.15, 0.2) is 11.5 Å². The molecule has 0 unspecified atom stereocenters. The predicted molar refractivity (Wildman–Crippen MR) is 81.9 cm³/mol. The van der Waals surface area contributed by atoms with Gasteiger partial charge in [-0.3, -0.25) is 0 Å². The van der Waals surface area contributed by atoms with Crippen molar-refractivity contribution in [3.8, 4) is 17.2 Å². The smallest absolute Gasteiger partial charge is 0.203 e. The van der Waals surface area contributed by atoms with Crippen LogP contribution in [0, 0.1) is 0 Å². The van der Waals surface area contributed by atoms with Crippen molar-refractivity contribution in [2.24, 2.45) is 0 Å². The van der Waals surface area contributed by atoms with Crippen LogP contribution >= 0.6 is 11.6 Å². The van der Waals surface area contributed by atoms with E-state index in [9.17, 15) is 0 Å². The van der Waals surface area contributed by atoms with Crippen LogP contribution in [0.3, 0.4) is 0 Å². The second-order valence-corrected chi connectivity index (χ2v) is 4.54. The molecular formula is C15H23ClO5. The summed E-state index contributed by atoms with van der Waals surface area (Å²) < 4.78 is 26.7. The highest BCUT2D eigenvalue weighted by molar-refractivity contribution is 6.17. The largest absolute Gasteiger partial charge is 0.493 e. The molecule has 0 radical (unpaired) electrons. The minimum atomic E-state index is 0.389. The van der Waals surface area contributed by atoms with Gasteiger partial charge in [0.1, 0.15) is 0 Å². The summed E-state index contributed by atoms with van der Waals surface area (Å²) in [6, 6.07) is 3.69. The molecule has 0 heterocycles. The fourth-order valence-corrected chi connectivity index (χ4v) is 1.89. The Balaban J connectivity index is 2.53. The lowest BCUT2D eigenvalue weighted by atomic mass is 10.2. The first kappa shape index (κ1) is 17.9. The van der Waals surface area contributed by atoms with Crippen molar-refractivity contribution in [1.82, 2.24) is 0 Å². The Labute approximate surface area is 131 Å². The molecule has 0 aliphatic heterocycles. The zero-order valence-corrected chi connectivity index (χ0v) is 13.6. The Hall–Kier alpha value is -1.17. The van der Waals surface area contributed by atoms with Gasteiger partial charge < -0.3 is 23.7 Å². The van der Waals surface area contributed by atoms with Gasteiger partial charge >= 0.3 is 0 Å². The molecule has 0 aromatic heterocycles. The van der Waals surface area contributed by atoms with Crippen molar-refractivity contribution in [3.05, 3.63) is 17.7 Å². The van der Waals surface area contributed by atoms with Crippen molar-refractivity contribution in [1.29, 1.82) is 0 Å². The van der Waals surface area contributed by atoms with Gasteiger partial charge in [0.25, 0.3) is 0 Å². The van der Waals surface area contributed by atoms with Gasteiger partial charge in [0.2, 0.25) is 5.75 Å². The van der Waals surface area contributed by atoms with E-state index in [1.807, 2.05) is 12.1 Å². The van der Waals surface area contributed by atoms with Crippen LogP contribution in [0.25, 0.3) is 0 Å². The summed E-state index contributed by atoms with van der Waals surface area (Å²) >= 11 is 5.85. The lowest BCUT2D eigenvalue weighted by Gasteiger charge is -2.15. The molecule has 0 saturated carbocycles. The number of ether oxygens (including phenoxy) is 5. The van der Waals surface area contributed by atoms with Gasteiger partial charge in [-0.1, -0.05) is 0 Å². The zero-order chi connectivity index (χ0) is 15.5. The second-order valence-electron chi connectivity index (χ2n) is 4.27. The number of rotatable bonds is 11. The van der Waals surface area contributed by atoms with Crippen LogP contribution < -0.4 is 14.2 Å². The molecule has 0 saturated heterocycles. The highest BCUT2D eigenvalue weighted by Gasteiger charge is 2.13. The fourth-order valence-electron chi connectivity index (χ4n) is 1.73. The van der Waals surface area contributed by atoms with Crippen LogP contribution in [0.5, 0.6) is 17.2 Å². The van der Waals surface area contributed by atoms with Crippen molar-refractivity contribution in [2.75, 3.05) is 47.8 Å². The topological polar surface area (TPSA) is 46.2 Å². The molecule has 120 valence electrons. The van der Waals surface area contributed by atoms with Crippen LogP contribution in [0.1, 0.15) is 12.0 Å². The molecule has 21 heavy (non-hydrogen) atoms. The first-order valence-corrected chi connectivity index (χ1v) is 7.30. The molecule has 0 spiro atoms. The third-order valence-electron chi connectivity index (χ3n) is 2.79. The summed E-state index contributed by atoms with van der Waals surface area (Å²) in [5.74, 6) is 2.21. The maximum atomic E-state index is 5.85. The van der Waals surface area contributed by atoms with Crippen LogP contribution in [-0.4, -0.2) is 47.8 Å². The molecule has 0 bridgehead atoms. The van der Waals surface area contributed by atoms with Gasteiger partial charge in [-0.15, -0.1) is 11.6 Å². The molecule has 1 aromatic carbocycles. The van der Waals surface area contributed by atoms with Gasteiger partial charge in [-0.05, 0) is 17.7 Å². The summed E-state index contributed by atoms with van der Waals surface area (Å²) in [6.07, 6.45) is 0.771. The van der Waals surface area contributed by atoms with E-state index in [1.165, 1.54) is 0 Å². The minimum absolute atomic E-state index is 0.389. The average molecular weight is 319 g/mol. The molecule has 0 aliphatic rings. The van der Waals surface area contributed by atoms with E-state index < -0.39 is 0 Å². The molecule has 1 rings (SSSR count). The fraction of sp³-hybridized carbons (Fsp3) is 0.600. The van der Waals surface area contributed by atoms with E-state index in [-0.39, 0.29) is 0 Å². The van der Waals surface area contributed by atoms with E-state index in [2.05, 4.69) is 0 Å². The summed E-state index contributed by atoms with van der Waals surface area (Å²) in [6.45, 7) is 2.32. The van der Waals surface area contributed by atoms with Crippen LogP contribution in [0.15, 0.2) is 12.1 Å². The standard InChI is InChI=1S/C15H23ClO5/c1-17-7-8-20-5-4-6-21-15-13(18-2)9-12(11-16)10-14(15)19-3/h9-10H,4-8,11H2,1-3H3. The molecule has 6 heteroatoms. The highest BCUT2D eigenvalue weighted by Crippen LogP contribution is 2.38. The Morgan fingerprint density at radius 1 is 0.905 bits per heavy atom. The third-order valence-corrected chi connectivity index (χ3v) is 3.09. The maximum Gasteiger partial charge on any atom is 0.203 e. The second kappa shape index (κ2) is 10.5. The van der Waals surface area contributed by atoms with E-state index in [0.717, 1.165) is 12.0 Å². The number of hydrogen-bond donors (Lipinski definition) is 0. The van der Waals surface area contributed by atoms with Crippen molar-refractivity contribution in [3.63, 3.8) is 0 Å². The Bertz CT molecular complexity index is 386. The maximum absolute atomic E-state index is 5.85. The number of alkyl halides is 1. The first-order valence-electron chi connectivity index (χ1n) is 6.77. The molecule has 0 fully saturated rings. The number of methoxy groups -OCH3 is 3. The quantitative estimate of drug-likeness (QED) is 0.464. The molecule has 0 amide bonds. The lowest BCUT2D eigenvalue weighted by molar-refractivity contribution is 0.0641. The number of halogens is 1. The van der Waals surface area contributed by atoms with Crippen LogP contribution in [0.4, 0.5) is 0 Å². The summed E-state index contributed by atoms with van der Waals surface area (Å²) in [5, 5.41) is 0. The van der Waals surface area contributed by atoms with E-state index in [0.29, 0.717) is 49.6 Å². The van der Waals surface area contributed by atoms with Crippen molar-refractivity contribution >= 4 is 11.6 Å². The zero-order valence-electron chi connectivity index (χ0n) is 12.8. The van der Waals surface area contributed by atoms with Crippen LogP contribution in [0.2, 0.25) is 0 Å². The van der Waals surface area contributed by atoms with E-state index in [1.54, 1.807) is 21.3 Å². The average Bonchev–Trinajstić information content (AvgIpc) is 2.53. The molecule has 0 atom stereocenters. The number of benzene rings is 1. The van der Waals surface area contributed by atoms with E-state index >= 15 is 0 Å². The summed E-state index contributed by atoms with van der Waals surface area (Å²) in [5.41, 5.74) is 0.917. The lowest BCUT2D eigenvalue weighted by Crippen LogP contribution is -2.08. The van der Waals surface area contributed by atoms with Crippen molar-refractivity contribution < 1.29 is 23.7 Å². The van der Waals surface area contributed by atoms with E-state index in [4.69, 9.17) is 35.3 Å². The third kappa shape index (κ3) is 5.99. The normalized spacial score (nSPS) is 10.5. The monoisotopic (exact) mass is 318 g/mol. The van der Waals surface area contributed by atoms with Gasteiger partial charge in [0.05, 0.1) is 34.0 Å². The Morgan fingerprint density at radius 3 is 2.10 bits per heavy atom. The van der Waals surface area contributed by atoms with Gasteiger partial charge in [-0.2, -0.15) is 0 Å². The van der Waals surface area contributed by atoms with Crippen molar-refractivity contribution in [2.45, 2.75) is 12.3 Å².